The molecular formula is C23H29ClN2O2. The Bertz CT molecular complexity index is 842. The van der Waals surface area contributed by atoms with Gasteiger partial charge >= 0.3 is 0 Å². The molecule has 0 fully saturated rings. The SMILES string of the molecule is Cc1ccccc1CC(=O)N(Cc1cccc(Cl)c1)[C@@H](C)C(=O)NC(C)(C)C. The molecule has 0 aliphatic rings. The number of aryl methyl sites for hydroxylation is 1. The summed E-state index contributed by atoms with van der Waals surface area (Å²) in [6.45, 7) is 9.85. The van der Waals surface area contributed by atoms with E-state index in [2.05, 4.69) is 5.32 Å². The van der Waals surface area contributed by atoms with E-state index >= 15 is 0 Å². The number of amides is 2. The summed E-state index contributed by atoms with van der Waals surface area (Å²) < 4.78 is 0. The van der Waals surface area contributed by atoms with E-state index in [1.807, 2.05) is 70.2 Å². The normalized spacial score (nSPS) is 12.4. The summed E-state index contributed by atoms with van der Waals surface area (Å²) in [5, 5.41) is 3.57. The van der Waals surface area contributed by atoms with Crippen LogP contribution in [0.3, 0.4) is 0 Å². The van der Waals surface area contributed by atoms with Gasteiger partial charge in [0, 0.05) is 17.1 Å². The van der Waals surface area contributed by atoms with Crippen molar-refractivity contribution in [2.24, 2.45) is 0 Å². The van der Waals surface area contributed by atoms with Crippen molar-refractivity contribution in [3.63, 3.8) is 0 Å². The monoisotopic (exact) mass is 400 g/mol. The van der Waals surface area contributed by atoms with Gasteiger partial charge in [0.05, 0.1) is 6.42 Å². The molecule has 0 spiro atoms. The molecule has 2 aromatic rings. The fraction of sp³-hybridized carbons (Fsp3) is 0.391. The average molecular weight is 401 g/mol. The number of hydrogen-bond acceptors (Lipinski definition) is 2. The van der Waals surface area contributed by atoms with Gasteiger partial charge in [0.25, 0.3) is 0 Å². The number of carbonyl (C=O) groups is 2. The Kier molecular flexibility index (Phi) is 7.25. The molecule has 0 unspecified atom stereocenters. The number of hydrogen-bond donors (Lipinski definition) is 1. The van der Waals surface area contributed by atoms with E-state index in [-0.39, 0.29) is 23.8 Å². The smallest absolute Gasteiger partial charge is 0.242 e. The Morgan fingerprint density at radius 3 is 2.39 bits per heavy atom. The Morgan fingerprint density at radius 2 is 1.79 bits per heavy atom. The molecule has 0 aromatic heterocycles. The minimum absolute atomic E-state index is 0.0918. The summed E-state index contributed by atoms with van der Waals surface area (Å²) >= 11 is 6.10. The van der Waals surface area contributed by atoms with Gasteiger partial charge < -0.3 is 10.2 Å². The van der Waals surface area contributed by atoms with Gasteiger partial charge in [-0.25, -0.2) is 0 Å². The van der Waals surface area contributed by atoms with Crippen LogP contribution in [0.4, 0.5) is 0 Å². The lowest BCUT2D eigenvalue weighted by Crippen LogP contribution is -2.52. The van der Waals surface area contributed by atoms with Crippen molar-refractivity contribution in [1.29, 1.82) is 0 Å². The first kappa shape index (κ1) is 22.0. The van der Waals surface area contributed by atoms with Gasteiger partial charge in [0.1, 0.15) is 6.04 Å². The van der Waals surface area contributed by atoms with Crippen LogP contribution in [-0.4, -0.2) is 28.3 Å². The van der Waals surface area contributed by atoms with Crippen molar-refractivity contribution in [1.82, 2.24) is 10.2 Å². The van der Waals surface area contributed by atoms with Crippen LogP contribution >= 0.6 is 11.6 Å². The second-order valence-corrected chi connectivity index (χ2v) is 8.61. The number of halogens is 1. The van der Waals surface area contributed by atoms with Crippen molar-refractivity contribution < 1.29 is 9.59 Å². The zero-order valence-corrected chi connectivity index (χ0v) is 18.0. The molecule has 0 saturated carbocycles. The summed E-state index contributed by atoms with van der Waals surface area (Å²) in [4.78, 5) is 27.6. The molecule has 5 heteroatoms. The highest BCUT2D eigenvalue weighted by molar-refractivity contribution is 6.30. The lowest BCUT2D eigenvalue weighted by Gasteiger charge is -2.31. The molecule has 1 atom stereocenters. The molecule has 0 bridgehead atoms. The number of carbonyl (C=O) groups excluding carboxylic acids is 2. The number of rotatable bonds is 6. The second kappa shape index (κ2) is 9.24. The highest BCUT2D eigenvalue weighted by atomic mass is 35.5. The van der Waals surface area contributed by atoms with Gasteiger partial charge in [-0.05, 0) is 63.4 Å². The fourth-order valence-corrected chi connectivity index (χ4v) is 3.17. The third kappa shape index (κ3) is 6.38. The van der Waals surface area contributed by atoms with Crippen LogP contribution in [0.5, 0.6) is 0 Å². The van der Waals surface area contributed by atoms with Crippen molar-refractivity contribution in [3.05, 3.63) is 70.2 Å². The van der Waals surface area contributed by atoms with Crippen LogP contribution in [0.1, 0.15) is 44.4 Å². The number of nitrogens with one attached hydrogen (secondary N) is 1. The van der Waals surface area contributed by atoms with E-state index in [4.69, 9.17) is 11.6 Å². The average Bonchev–Trinajstić information content (AvgIpc) is 2.59. The van der Waals surface area contributed by atoms with Gasteiger partial charge in [-0.1, -0.05) is 48.0 Å². The first-order valence-electron chi connectivity index (χ1n) is 9.47. The largest absolute Gasteiger partial charge is 0.350 e. The van der Waals surface area contributed by atoms with Crippen LogP contribution in [-0.2, 0) is 22.6 Å². The predicted octanol–water partition coefficient (Wildman–Crippen LogP) is 4.52. The van der Waals surface area contributed by atoms with Gasteiger partial charge in [0.15, 0.2) is 0 Å². The summed E-state index contributed by atoms with van der Waals surface area (Å²) in [6.07, 6.45) is 0.250. The van der Waals surface area contributed by atoms with Crippen molar-refractivity contribution >= 4 is 23.4 Å². The Hall–Kier alpha value is -2.33. The van der Waals surface area contributed by atoms with E-state index in [0.717, 1.165) is 16.7 Å². The van der Waals surface area contributed by atoms with Gasteiger partial charge in [-0.2, -0.15) is 0 Å². The van der Waals surface area contributed by atoms with Crippen LogP contribution in [0.25, 0.3) is 0 Å². The molecule has 1 N–H and O–H groups in total. The van der Waals surface area contributed by atoms with Crippen LogP contribution < -0.4 is 5.32 Å². The van der Waals surface area contributed by atoms with Crippen molar-refractivity contribution in [3.8, 4) is 0 Å². The lowest BCUT2D eigenvalue weighted by molar-refractivity contribution is -0.140. The molecule has 0 saturated heterocycles. The molecule has 150 valence electrons. The summed E-state index contributed by atoms with van der Waals surface area (Å²) in [6, 6.07) is 14.6. The Balaban J connectivity index is 2.27. The molecule has 0 aliphatic carbocycles. The molecule has 4 nitrogen and oxygen atoms in total. The maximum Gasteiger partial charge on any atom is 0.242 e. The van der Waals surface area contributed by atoms with Crippen LogP contribution in [0.2, 0.25) is 5.02 Å². The third-order valence-electron chi connectivity index (χ3n) is 4.51. The first-order chi connectivity index (χ1) is 13.1. The zero-order valence-electron chi connectivity index (χ0n) is 17.3. The summed E-state index contributed by atoms with van der Waals surface area (Å²) in [5.41, 5.74) is 2.55. The van der Waals surface area contributed by atoms with E-state index in [0.29, 0.717) is 11.6 Å². The number of nitrogens with zero attached hydrogens (tertiary/aromatic N) is 1. The van der Waals surface area contributed by atoms with Crippen LogP contribution in [0.15, 0.2) is 48.5 Å². The second-order valence-electron chi connectivity index (χ2n) is 8.17. The molecular weight excluding hydrogens is 372 g/mol. The third-order valence-corrected chi connectivity index (χ3v) is 4.75. The lowest BCUT2D eigenvalue weighted by atomic mass is 10.0. The molecule has 28 heavy (non-hydrogen) atoms. The van der Waals surface area contributed by atoms with Crippen LogP contribution in [0, 0.1) is 6.92 Å². The van der Waals surface area contributed by atoms with Crippen molar-refractivity contribution in [2.75, 3.05) is 0 Å². The standard InChI is InChI=1S/C23H29ClN2O2/c1-16-9-6-7-11-19(16)14-21(27)26(15-18-10-8-12-20(24)13-18)17(2)22(28)25-23(3,4)5/h6-13,17H,14-15H2,1-5H3,(H,25,28)/t17-/m0/s1. The first-order valence-corrected chi connectivity index (χ1v) is 9.85. The maximum atomic E-state index is 13.2. The van der Waals surface area contributed by atoms with E-state index in [1.165, 1.54) is 0 Å². The summed E-state index contributed by atoms with van der Waals surface area (Å²) in [7, 11) is 0. The highest BCUT2D eigenvalue weighted by Gasteiger charge is 2.28. The van der Waals surface area contributed by atoms with Gasteiger partial charge in [-0.15, -0.1) is 0 Å². The quantitative estimate of drug-likeness (QED) is 0.774. The molecule has 2 amide bonds. The van der Waals surface area contributed by atoms with E-state index in [9.17, 15) is 9.59 Å². The van der Waals surface area contributed by atoms with Gasteiger partial charge in [0.2, 0.25) is 11.8 Å². The van der Waals surface area contributed by atoms with Crippen molar-refractivity contribution in [2.45, 2.75) is 59.2 Å². The summed E-state index contributed by atoms with van der Waals surface area (Å²) in [5.74, 6) is -0.265. The fourth-order valence-electron chi connectivity index (χ4n) is 2.96. The Morgan fingerprint density at radius 1 is 1.11 bits per heavy atom. The molecule has 2 aromatic carbocycles. The number of benzene rings is 2. The highest BCUT2D eigenvalue weighted by Crippen LogP contribution is 2.17. The Labute approximate surface area is 172 Å². The van der Waals surface area contributed by atoms with E-state index in [1.54, 1.807) is 17.9 Å². The zero-order chi connectivity index (χ0) is 20.9. The molecule has 0 heterocycles. The molecule has 0 aliphatic heterocycles. The molecule has 2 rings (SSSR count). The van der Waals surface area contributed by atoms with Gasteiger partial charge in [-0.3, -0.25) is 9.59 Å². The maximum absolute atomic E-state index is 13.2. The van der Waals surface area contributed by atoms with E-state index < -0.39 is 6.04 Å². The minimum atomic E-state index is -0.602. The molecule has 0 radical (unpaired) electrons. The topological polar surface area (TPSA) is 49.4 Å². The predicted molar refractivity (Wildman–Crippen MR) is 114 cm³/mol. The minimum Gasteiger partial charge on any atom is -0.350 e.